The number of hydrogen-bond donors (Lipinski definition) is 1. The Morgan fingerprint density at radius 2 is 1.63 bits per heavy atom. The van der Waals surface area contributed by atoms with E-state index in [9.17, 15) is 9.59 Å². The summed E-state index contributed by atoms with van der Waals surface area (Å²) in [6.45, 7) is 6.13. The van der Waals surface area contributed by atoms with Gasteiger partial charge in [0.1, 0.15) is 5.75 Å². The van der Waals surface area contributed by atoms with Gasteiger partial charge in [-0.25, -0.2) is 4.79 Å². The van der Waals surface area contributed by atoms with E-state index in [0.717, 1.165) is 11.3 Å². The highest BCUT2D eigenvalue weighted by molar-refractivity contribution is 5.78. The van der Waals surface area contributed by atoms with Gasteiger partial charge in [0, 0.05) is 45.8 Å². The van der Waals surface area contributed by atoms with Crippen LogP contribution in [0, 0.1) is 0 Å². The van der Waals surface area contributed by atoms with Crippen LogP contribution in [0.1, 0.15) is 5.56 Å². The van der Waals surface area contributed by atoms with E-state index in [1.54, 1.807) is 7.11 Å². The van der Waals surface area contributed by atoms with E-state index in [4.69, 9.17) is 9.47 Å². The van der Waals surface area contributed by atoms with Crippen molar-refractivity contribution in [3.8, 4) is 5.75 Å². The van der Waals surface area contributed by atoms with Crippen molar-refractivity contribution in [2.24, 2.45) is 0 Å². The molecular weight excluding hydrogens is 348 g/mol. The van der Waals surface area contributed by atoms with Gasteiger partial charge in [0.2, 0.25) is 5.91 Å². The van der Waals surface area contributed by atoms with Crippen LogP contribution in [0.3, 0.4) is 0 Å². The maximum atomic E-state index is 12.5. The zero-order valence-corrected chi connectivity index (χ0v) is 15.9. The van der Waals surface area contributed by atoms with Crippen LogP contribution in [0.2, 0.25) is 0 Å². The molecule has 1 aromatic rings. The summed E-state index contributed by atoms with van der Waals surface area (Å²) in [4.78, 5) is 30.5. The number of urea groups is 1. The second kappa shape index (κ2) is 9.57. The van der Waals surface area contributed by atoms with Gasteiger partial charge in [-0.05, 0) is 17.7 Å². The van der Waals surface area contributed by atoms with E-state index < -0.39 is 0 Å². The lowest BCUT2D eigenvalue weighted by molar-refractivity contribution is -0.122. The predicted molar refractivity (Wildman–Crippen MR) is 101 cm³/mol. The van der Waals surface area contributed by atoms with Crippen LogP contribution in [0.4, 0.5) is 4.79 Å². The van der Waals surface area contributed by atoms with E-state index in [1.165, 1.54) is 0 Å². The standard InChI is InChI=1S/C19H28N4O4/c1-26-17-4-2-16(3-5-17)14-20-18(24)15-21-6-8-22(9-7-21)19(25)23-10-12-27-13-11-23/h2-5H,6-15H2,1H3,(H,20,24). The Morgan fingerprint density at radius 3 is 2.26 bits per heavy atom. The summed E-state index contributed by atoms with van der Waals surface area (Å²) >= 11 is 0. The van der Waals surface area contributed by atoms with E-state index in [2.05, 4.69) is 10.2 Å². The molecule has 148 valence electrons. The first kappa shape index (κ1) is 19.4. The minimum absolute atomic E-state index is 0.00114. The summed E-state index contributed by atoms with van der Waals surface area (Å²) in [5, 5.41) is 2.95. The summed E-state index contributed by atoms with van der Waals surface area (Å²) in [7, 11) is 1.63. The van der Waals surface area contributed by atoms with Gasteiger partial charge in [-0.15, -0.1) is 0 Å². The highest BCUT2D eigenvalue weighted by atomic mass is 16.5. The fraction of sp³-hybridized carbons (Fsp3) is 0.579. The largest absolute Gasteiger partial charge is 0.497 e. The first-order valence-corrected chi connectivity index (χ1v) is 9.39. The van der Waals surface area contributed by atoms with Crippen molar-refractivity contribution in [1.29, 1.82) is 0 Å². The zero-order chi connectivity index (χ0) is 19.1. The maximum absolute atomic E-state index is 12.5. The van der Waals surface area contributed by atoms with Crippen LogP contribution >= 0.6 is 0 Å². The first-order valence-electron chi connectivity index (χ1n) is 9.39. The number of hydrogen-bond acceptors (Lipinski definition) is 5. The minimum atomic E-state index is -0.00114. The smallest absolute Gasteiger partial charge is 0.320 e. The molecular formula is C19H28N4O4. The van der Waals surface area contributed by atoms with Crippen LogP contribution in [0.5, 0.6) is 5.75 Å². The van der Waals surface area contributed by atoms with Crippen LogP contribution in [0.15, 0.2) is 24.3 Å². The lowest BCUT2D eigenvalue weighted by Crippen LogP contribution is -2.55. The molecule has 2 fully saturated rings. The van der Waals surface area contributed by atoms with Crippen molar-refractivity contribution >= 4 is 11.9 Å². The fourth-order valence-corrected chi connectivity index (χ4v) is 3.25. The Labute approximate surface area is 160 Å². The molecule has 0 radical (unpaired) electrons. The third-order valence-electron chi connectivity index (χ3n) is 4.94. The number of carbonyl (C=O) groups is 2. The van der Waals surface area contributed by atoms with Crippen LogP contribution in [0.25, 0.3) is 0 Å². The molecule has 0 saturated carbocycles. The Bertz CT molecular complexity index is 623. The Morgan fingerprint density at radius 1 is 1.00 bits per heavy atom. The molecule has 3 rings (SSSR count). The van der Waals surface area contributed by atoms with E-state index in [1.807, 2.05) is 34.1 Å². The number of piperazine rings is 1. The molecule has 2 saturated heterocycles. The molecule has 2 aliphatic heterocycles. The molecule has 27 heavy (non-hydrogen) atoms. The van der Waals surface area contributed by atoms with Gasteiger partial charge in [0.05, 0.1) is 26.9 Å². The average molecular weight is 376 g/mol. The van der Waals surface area contributed by atoms with E-state index in [0.29, 0.717) is 65.6 Å². The molecule has 2 aliphatic rings. The molecule has 2 heterocycles. The van der Waals surface area contributed by atoms with Gasteiger partial charge in [0.25, 0.3) is 0 Å². The molecule has 1 N–H and O–H groups in total. The van der Waals surface area contributed by atoms with Crippen molar-refractivity contribution < 1.29 is 19.1 Å². The normalized spacial score (nSPS) is 18.3. The van der Waals surface area contributed by atoms with Crippen molar-refractivity contribution in [3.63, 3.8) is 0 Å². The lowest BCUT2D eigenvalue weighted by Gasteiger charge is -2.38. The third kappa shape index (κ3) is 5.58. The van der Waals surface area contributed by atoms with E-state index in [-0.39, 0.29) is 11.9 Å². The fourth-order valence-electron chi connectivity index (χ4n) is 3.25. The number of rotatable bonds is 5. The van der Waals surface area contributed by atoms with Gasteiger partial charge in [-0.2, -0.15) is 0 Å². The molecule has 0 spiro atoms. The summed E-state index contributed by atoms with van der Waals surface area (Å²) < 4.78 is 10.4. The molecule has 0 aromatic heterocycles. The van der Waals surface area contributed by atoms with Crippen molar-refractivity contribution in [3.05, 3.63) is 29.8 Å². The highest BCUT2D eigenvalue weighted by Crippen LogP contribution is 2.11. The van der Waals surface area contributed by atoms with Gasteiger partial charge in [0.15, 0.2) is 0 Å². The van der Waals surface area contributed by atoms with Gasteiger partial charge >= 0.3 is 6.03 Å². The SMILES string of the molecule is COc1ccc(CNC(=O)CN2CCN(C(=O)N3CCOCC3)CC2)cc1. The monoisotopic (exact) mass is 376 g/mol. The number of nitrogens with zero attached hydrogens (tertiary/aromatic N) is 3. The third-order valence-corrected chi connectivity index (χ3v) is 4.94. The number of carbonyl (C=O) groups excluding carboxylic acids is 2. The first-order chi connectivity index (χ1) is 13.2. The number of benzene rings is 1. The molecule has 0 aliphatic carbocycles. The van der Waals surface area contributed by atoms with Crippen molar-refractivity contribution in [2.45, 2.75) is 6.54 Å². The summed E-state index contributed by atoms with van der Waals surface area (Å²) in [5.74, 6) is 0.799. The van der Waals surface area contributed by atoms with Crippen LogP contribution in [-0.2, 0) is 16.1 Å². The van der Waals surface area contributed by atoms with Crippen LogP contribution < -0.4 is 10.1 Å². The molecule has 0 atom stereocenters. The average Bonchev–Trinajstić information content (AvgIpc) is 2.73. The topological polar surface area (TPSA) is 74.4 Å². The second-order valence-electron chi connectivity index (χ2n) is 6.77. The number of morpholine rings is 1. The van der Waals surface area contributed by atoms with Gasteiger partial charge in [-0.1, -0.05) is 12.1 Å². The second-order valence-corrected chi connectivity index (χ2v) is 6.77. The predicted octanol–water partition coefficient (Wildman–Crippen LogP) is 0.381. The quantitative estimate of drug-likeness (QED) is 0.804. The maximum Gasteiger partial charge on any atom is 0.320 e. The van der Waals surface area contributed by atoms with Crippen molar-refractivity contribution in [2.75, 3.05) is 66.1 Å². The Balaban J connectivity index is 1.36. The molecule has 0 bridgehead atoms. The number of methoxy groups -OCH3 is 1. The molecule has 8 heteroatoms. The number of nitrogens with one attached hydrogen (secondary N) is 1. The minimum Gasteiger partial charge on any atom is -0.497 e. The molecule has 0 unspecified atom stereocenters. The Kier molecular flexibility index (Phi) is 6.89. The lowest BCUT2D eigenvalue weighted by atomic mass is 10.2. The summed E-state index contributed by atoms with van der Waals surface area (Å²) in [6, 6.07) is 7.73. The summed E-state index contributed by atoms with van der Waals surface area (Å²) in [6.07, 6.45) is 0. The van der Waals surface area contributed by atoms with E-state index >= 15 is 0 Å². The van der Waals surface area contributed by atoms with Crippen molar-refractivity contribution in [1.82, 2.24) is 20.0 Å². The molecule has 3 amide bonds. The molecule has 8 nitrogen and oxygen atoms in total. The molecule has 1 aromatic carbocycles. The number of ether oxygens (including phenoxy) is 2. The number of amides is 3. The van der Waals surface area contributed by atoms with Gasteiger partial charge < -0.3 is 24.6 Å². The van der Waals surface area contributed by atoms with Crippen LogP contribution in [-0.4, -0.2) is 92.8 Å². The van der Waals surface area contributed by atoms with Gasteiger partial charge in [-0.3, -0.25) is 9.69 Å². The zero-order valence-electron chi connectivity index (χ0n) is 15.9. The Hall–Kier alpha value is -2.32. The highest BCUT2D eigenvalue weighted by Gasteiger charge is 2.26. The summed E-state index contributed by atoms with van der Waals surface area (Å²) in [5.41, 5.74) is 1.03.